The predicted octanol–water partition coefficient (Wildman–Crippen LogP) is 2.31. The van der Waals surface area contributed by atoms with Crippen molar-refractivity contribution < 1.29 is 9.59 Å². The number of hydrogen-bond acceptors (Lipinski definition) is 4. The van der Waals surface area contributed by atoms with Crippen molar-refractivity contribution in [2.45, 2.75) is 20.4 Å². The quantitative estimate of drug-likeness (QED) is 0.917. The Hall–Kier alpha value is -2.89. The number of amides is 2. The fourth-order valence-electron chi connectivity index (χ4n) is 3.06. The lowest BCUT2D eigenvalue weighted by molar-refractivity contribution is -0.130. The molecular formula is C20H24N4O2. The molecule has 1 saturated heterocycles. The Morgan fingerprint density at radius 3 is 2.46 bits per heavy atom. The Morgan fingerprint density at radius 1 is 1.08 bits per heavy atom. The summed E-state index contributed by atoms with van der Waals surface area (Å²) in [6, 6.07) is 11.7. The van der Waals surface area contributed by atoms with Crippen molar-refractivity contribution in [3.8, 4) is 0 Å². The molecule has 0 spiro atoms. The Labute approximate surface area is 153 Å². The Morgan fingerprint density at radius 2 is 1.77 bits per heavy atom. The number of nitrogens with zero attached hydrogens (tertiary/aromatic N) is 3. The van der Waals surface area contributed by atoms with Crippen molar-refractivity contribution in [2.24, 2.45) is 0 Å². The normalized spacial score (nSPS) is 14.2. The van der Waals surface area contributed by atoms with Crippen molar-refractivity contribution in [1.82, 2.24) is 14.8 Å². The third-order valence-electron chi connectivity index (χ3n) is 4.74. The summed E-state index contributed by atoms with van der Waals surface area (Å²) in [6.07, 6.45) is 1.65. The van der Waals surface area contributed by atoms with E-state index in [9.17, 15) is 9.59 Å². The third kappa shape index (κ3) is 4.20. The molecule has 26 heavy (non-hydrogen) atoms. The van der Waals surface area contributed by atoms with Gasteiger partial charge in [-0.15, -0.1) is 0 Å². The zero-order chi connectivity index (χ0) is 18.5. The Bertz CT molecular complexity index is 798. The molecule has 1 aromatic heterocycles. The summed E-state index contributed by atoms with van der Waals surface area (Å²) in [4.78, 5) is 32.0. The van der Waals surface area contributed by atoms with Gasteiger partial charge in [-0.1, -0.05) is 24.3 Å². The van der Waals surface area contributed by atoms with E-state index in [0.717, 1.165) is 0 Å². The van der Waals surface area contributed by atoms with Crippen molar-refractivity contribution >= 4 is 17.6 Å². The molecule has 1 fully saturated rings. The van der Waals surface area contributed by atoms with Crippen LogP contribution in [0.15, 0.2) is 42.6 Å². The molecule has 1 aromatic carbocycles. The fraction of sp³-hybridized carbons (Fsp3) is 0.350. The maximum atomic E-state index is 12.7. The van der Waals surface area contributed by atoms with E-state index >= 15 is 0 Å². The first kappa shape index (κ1) is 17.9. The van der Waals surface area contributed by atoms with Gasteiger partial charge in [0.15, 0.2) is 0 Å². The minimum Gasteiger partial charge on any atom is -0.366 e. The lowest BCUT2D eigenvalue weighted by Crippen LogP contribution is -2.50. The summed E-state index contributed by atoms with van der Waals surface area (Å²) in [5, 5.41) is 3.29. The van der Waals surface area contributed by atoms with Crippen LogP contribution in [0.25, 0.3) is 0 Å². The molecule has 136 valence electrons. The summed E-state index contributed by atoms with van der Waals surface area (Å²) in [5.74, 6) is 0.722. The van der Waals surface area contributed by atoms with Gasteiger partial charge in [0.1, 0.15) is 5.82 Å². The number of aryl methyl sites for hydroxylation is 1. The summed E-state index contributed by atoms with van der Waals surface area (Å²) < 4.78 is 0. The van der Waals surface area contributed by atoms with Gasteiger partial charge in [0.05, 0.1) is 0 Å². The molecular weight excluding hydrogens is 328 g/mol. The highest BCUT2D eigenvalue weighted by atomic mass is 16.2. The number of piperazine rings is 1. The smallest absolute Gasteiger partial charge is 0.254 e. The maximum Gasteiger partial charge on any atom is 0.254 e. The topological polar surface area (TPSA) is 65.5 Å². The molecule has 0 aliphatic carbocycles. The first-order valence-corrected chi connectivity index (χ1v) is 8.84. The first-order valence-electron chi connectivity index (χ1n) is 8.84. The van der Waals surface area contributed by atoms with Gasteiger partial charge in [-0.05, 0) is 30.2 Å². The fourth-order valence-corrected chi connectivity index (χ4v) is 3.06. The number of rotatable bonds is 4. The number of nitrogens with one attached hydrogen (secondary N) is 1. The number of carbonyl (C=O) groups is 2. The van der Waals surface area contributed by atoms with Gasteiger partial charge >= 0.3 is 0 Å². The summed E-state index contributed by atoms with van der Waals surface area (Å²) in [7, 11) is 0. The molecule has 6 heteroatoms. The monoisotopic (exact) mass is 352 g/mol. The standard InChI is InChI=1S/C20H24N4O2/c1-15-5-3-4-6-18(15)14-22-19-13-17(7-8-21-19)20(26)24-11-9-23(10-12-24)16(2)25/h3-8,13H,9-12,14H2,1-2H3,(H,21,22). The molecule has 1 N–H and O–H groups in total. The van der Waals surface area contributed by atoms with Crippen molar-refractivity contribution in [2.75, 3.05) is 31.5 Å². The molecule has 3 rings (SSSR count). The first-order chi connectivity index (χ1) is 12.5. The van der Waals surface area contributed by atoms with Crippen LogP contribution in [-0.2, 0) is 11.3 Å². The minimum absolute atomic E-state index is 0.0189. The average Bonchev–Trinajstić information content (AvgIpc) is 2.67. The number of pyridine rings is 1. The van der Waals surface area contributed by atoms with E-state index < -0.39 is 0 Å². The molecule has 0 unspecified atom stereocenters. The van der Waals surface area contributed by atoms with Crippen molar-refractivity contribution in [3.63, 3.8) is 0 Å². The lowest BCUT2D eigenvalue weighted by Gasteiger charge is -2.34. The molecule has 0 bridgehead atoms. The number of hydrogen-bond donors (Lipinski definition) is 1. The van der Waals surface area contributed by atoms with Gasteiger partial charge in [0.2, 0.25) is 5.91 Å². The van der Waals surface area contributed by atoms with Gasteiger partial charge in [-0.2, -0.15) is 0 Å². The maximum absolute atomic E-state index is 12.7. The number of carbonyl (C=O) groups excluding carboxylic acids is 2. The summed E-state index contributed by atoms with van der Waals surface area (Å²) in [5.41, 5.74) is 3.03. The largest absolute Gasteiger partial charge is 0.366 e. The van der Waals surface area contributed by atoms with Gasteiger partial charge in [-0.25, -0.2) is 4.98 Å². The van der Waals surface area contributed by atoms with Crippen LogP contribution in [0.3, 0.4) is 0 Å². The molecule has 0 saturated carbocycles. The number of anilines is 1. The lowest BCUT2D eigenvalue weighted by atomic mass is 10.1. The Kier molecular flexibility index (Phi) is 5.51. The Balaban J connectivity index is 1.63. The number of benzene rings is 1. The van der Waals surface area contributed by atoms with Gasteiger partial charge in [0, 0.05) is 51.4 Å². The van der Waals surface area contributed by atoms with E-state index in [-0.39, 0.29) is 11.8 Å². The molecule has 2 amide bonds. The van der Waals surface area contributed by atoms with Crippen LogP contribution in [0, 0.1) is 6.92 Å². The van der Waals surface area contributed by atoms with E-state index in [0.29, 0.717) is 44.1 Å². The zero-order valence-corrected chi connectivity index (χ0v) is 15.2. The van der Waals surface area contributed by atoms with E-state index in [1.54, 1.807) is 35.1 Å². The van der Waals surface area contributed by atoms with Crippen LogP contribution in [0.2, 0.25) is 0 Å². The van der Waals surface area contributed by atoms with Crippen molar-refractivity contribution in [3.05, 3.63) is 59.3 Å². The molecule has 1 aliphatic heterocycles. The van der Waals surface area contributed by atoms with Crippen molar-refractivity contribution in [1.29, 1.82) is 0 Å². The van der Waals surface area contributed by atoms with Gasteiger partial charge < -0.3 is 15.1 Å². The van der Waals surface area contributed by atoms with E-state index in [1.807, 2.05) is 12.1 Å². The van der Waals surface area contributed by atoms with Crippen LogP contribution >= 0.6 is 0 Å². The molecule has 6 nitrogen and oxygen atoms in total. The van der Waals surface area contributed by atoms with Gasteiger partial charge in [-0.3, -0.25) is 9.59 Å². The van der Waals surface area contributed by atoms with Crippen LogP contribution < -0.4 is 5.32 Å². The molecule has 1 aliphatic rings. The molecule has 2 heterocycles. The SMILES string of the molecule is CC(=O)N1CCN(C(=O)c2ccnc(NCc3ccccc3C)c2)CC1. The second kappa shape index (κ2) is 7.99. The predicted molar refractivity (Wildman–Crippen MR) is 101 cm³/mol. The van der Waals surface area contributed by atoms with E-state index in [4.69, 9.17) is 0 Å². The highest BCUT2D eigenvalue weighted by molar-refractivity contribution is 5.95. The highest BCUT2D eigenvalue weighted by Gasteiger charge is 2.23. The van der Waals surface area contributed by atoms with Crippen LogP contribution in [0.5, 0.6) is 0 Å². The minimum atomic E-state index is -0.0189. The molecule has 2 aromatic rings. The van der Waals surface area contributed by atoms with Crippen LogP contribution in [0.4, 0.5) is 5.82 Å². The summed E-state index contributed by atoms with van der Waals surface area (Å²) >= 11 is 0. The summed E-state index contributed by atoms with van der Waals surface area (Å²) in [6.45, 7) is 6.60. The second-order valence-corrected chi connectivity index (χ2v) is 6.51. The average molecular weight is 352 g/mol. The van der Waals surface area contributed by atoms with E-state index in [1.165, 1.54) is 11.1 Å². The highest BCUT2D eigenvalue weighted by Crippen LogP contribution is 2.14. The van der Waals surface area contributed by atoms with Crippen LogP contribution in [0.1, 0.15) is 28.4 Å². The zero-order valence-electron chi connectivity index (χ0n) is 15.2. The molecule has 0 radical (unpaired) electrons. The van der Waals surface area contributed by atoms with Crippen LogP contribution in [-0.4, -0.2) is 52.8 Å². The van der Waals surface area contributed by atoms with E-state index in [2.05, 4.69) is 29.4 Å². The third-order valence-corrected chi connectivity index (χ3v) is 4.74. The van der Waals surface area contributed by atoms with Gasteiger partial charge in [0.25, 0.3) is 5.91 Å². The number of aromatic nitrogens is 1. The second-order valence-electron chi connectivity index (χ2n) is 6.51. The molecule has 0 atom stereocenters.